The summed E-state index contributed by atoms with van der Waals surface area (Å²) in [7, 11) is 0. The van der Waals surface area contributed by atoms with E-state index in [4.69, 9.17) is 5.11 Å². The third-order valence-corrected chi connectivity index (χ3v) is 5.11. The number of carboxylic acids is 1. The summed E-state index contributed by atoms with van der Waals surface area (Å²) in [5, 5.41) is 27.4. The van der Waals surface area contributed by atoms with E-state index in [-0.39, 0.29) is 18.4 Å². The maximum absolute atomic E-state index is 10.7. The van der Waals surface area contributed by atoms with Crippen molar-refractivity contribution < 1.29 is 15.0 Å². The fraction of sp³-hybridized carbons (Fsp3) is 0.500. The van der Waals surface area contributed by atoms with Gasteiger partial charge >= 0.3 is 5.97 Å². The first-order valence-electron chi connectivity index (χ1n) is 6.40. The van der Waals surface area contributed by atoms with Crippen LogP contribution in [0.15, 0.2) is 11.4 Å². The zero-order valence-corrected chi connectivity index (χ0v) is 13.3. The van der Waals surface area contributed by atoms with Gasteiger partial charge in [0.1, 0.15) is 11.6 Å². The minimum atomic E-state index is -0.921. The van der Waals surface area contributed by atoms with Crippen LogP contribution in [-0.4, -0.2) is 41.7 Å². The molecule has 0 spiro atoms. The normalized spacial score (nSPS) is 12.5. The number of rotatable bonds is 7. The molecule has 1 atom stereocenters. The minimum absolute atomic E-state index is 0.103. The number of hydrogen-bond acceptors (Lipinski definition) is 7. The Kier molecular flexibility index (Phi) is 5.32. The Morgan fingerprint density at radius 3 is 2.86 bits per heavy atom. The highest BCUT2D eigenvalue weighted by molar-refractivity contribution is 7.99. The van der Waals surface area contributed by atoms with E-state index in [1.54, 1.807) is 15.9 Å². The minimum Gasteiger partial charge on any atom is -0.481 e. The van der Waals surface area contributed by atoms with E-state index in [1.807, 2.05) is 13.1 Å². The van der Waals surface area contributed by atoms with Crippen LogP contribution in [0.2, 0.25) is 0 Å². The van der Waals surface area contributed by atoms with Crippen LogP contribution < -0.4 is 0 Å². The van der Waals surface area contributed by atoms with Gasteiger partial charge in [-0.1, -0.05) is 18.7 Å². The molecule has 7 nitrogen and oxygen atoms in total. The highest BCUT2D eigenvalue weighted by Crippen LogP contribution is 2.29. The van der Waals surface area contributed by atoms with E-state index in [9.17, 15) is 9.90 Å². The summed E-state index contributed by atoms with van der Waals surface area (Å²) in [5.41, 5.74) is 0. The Morgan fingerprint density at radius 1 is 1.52 bits per heavy atom. The lowest BCUT2D eigenvalue weighted by atomic mass is 10.3. The van der Waals surface area contributed by atoms with Crippen molar-refractivity contribution in [2.75, 3.05) is 5.75 Å². The Bertz CT molecular complexity index is 626. The monoisotopic (exact) mass is 328 g/mol. The van der Waals surface area contributed by atoms with Gasteiger partial charge in [-0.05, 0) is 13.3 Å². The number of aliphatic hydroxyl groups excluding tert-OH is 1. The fourth-order valence-electron chi connectivity index (χ4n) is 1.82. The van der Waals surface area contributed by atoms with Crippen LogP contribution in [0.5, 0.6) is 0 Å². The lowest BCUT2D eigenvalue weighted by molar-refractivity contribution is -0.133. The number of aliphatic hydroxyl groups is 1. The number of thiazole rings is 1. The summed E-state index contributed by atoms with van der Waals surface area (Å²) in [4.78, 5) is 16.3. The first kappa shape index (κ1) is 15.9. The van der Waals surface area contributed by atoms with E-state index in [2.05, 4.69) is 22.1 Å². The van der Waals surface area contributed by atoms with Crippen molar-refractivity contribution in [3.8, 4) is 0 Å². The number of carboxylic acid groups (broad SMARTS) is 1. The SMILES string of the molecule is CCc1cnc(C(C)n2c(CO)nnc2SCC(=O)O)s1. The molecule has 0 fully saturated rings. The molecule has 0 amide bonds. The molecule has 0 aliphatic heterocycles. The summed E-state index contributed by atoms with van der Waals surface area (Å²) >= 11 is 2.68. The number of nitrogens with zero attached hydrogens (tertiary/aromatic N) is 4. The lowest BCUT2D eigenvalue weighted by Gasteiger charge is -2.14. The Hall–Kier alpha value is -1.45. The van der Waals surface area contributed by atoms with E-state index >= 15 is 0 Å². The number of carbonyl (C=O) groups is 1. The lowest BCUT2D eigenvalue weighted by Crippen LogP contribution is -2.12. The van der Waals surface area contributed by atoms with E-state index < -0.39 is 5.97 Å². The zero-order chi connectivity index (χ0) is 15.4. The molecule has 2 N–H and O–H groups in total. The average Bonchev–Trinajstić information content (AvgIpc) is 3.10. The standard InChI is InChI=1S/C12H16N4O3S2/c1-3-8-4-13-11(21-8)7(2)16-9(5-17)14-15-12(16)20-6-10(18)19/h4,7,17H,3,5-6H2,1-2H3,(H,18,19). The van der Waals surface area contributed by atoms with Gasteiger partial charge in [-0.2, -0.15) is 0 Å². The van der Waals surface area contributed by atoms with Crippen LogP contribution in [0.3, 0.4) is 0 Å². The Morgan fingerprint density at radius 2 is 2.29 bits per heavy atom. The van der Waals surface area contributed by atoms with Crippen molar-refractivity contribution in [1.29, 1.82) is 0 Å². The topological polar surface area (TPSA) is 101 Å². The van der Waals surface area contributed by atoms with Gasteiger partial charge in [-0.25, -0.2) is 4.98 Å². The zero-order valence-electron chi connectivity index (χ0n) is 11.7. The molecule has 21 heavy (non-hydrogen) atoms. The summed E-state index contributed by atoms with van der Waals surface area (Å²) < 4.78 is 1.74. The molecule has 114 valence electrons. The number of aryl methyl sites for hydroxylation is 1. The van der Waals surface area contributed by atoms with Crippen molar-refractivity contribution in [3.63, 3.8) is 0 Å². The van der Waals surface area contributed by atoms with Gasteiger partial charge in [0.25, 0.3) is 0 Å². The summed E-state index contributed by atoms with van der Waals surface area (Å²) in [5.74, 6) is -0.618. The van der Waals surface area contributed by atoms with Crippen LogP contribution in [0.25, 0.3) is 0 Å². The van der Waals surface area contributed by atoms with Crippen molar-refractivity contribution in [2.45, 2.75) is 38.1 Å². The molecule has 9 heteroatoms. The first-order valence-corrected chi connectivity index (χ1v) is 8.20. The van der Waals surface area contributed by atoms with Gasteiger partial charge in [-0.3, -0.25) is 9.36 Å². The molecular formula is C12H16N4O3S2. The molecule has 0 saturated carbocycles. The molecule has 1 unspecified atom stereocenters. The van der Waals surface area contributed by atoms with Crippen molar-refractivity contribution in [3.05, 3.63) is 21.9 Å². The van der Waals surface area contributed by atoms with E-state index in [1.165, 1.54) is 4.88 Å². The molecule has 0 aliphatic carbocycles. The second-order valence-electron chi connectivity index (χ2n) is 4.30. The van der Waals surface area contributed by atoms with Crippen LogP contribution in [0.1, 0.15) is 35.6 Å². The molecular weight excluding hydrogens is 312 g/mol. The second-order valence-corrected chi connectivity index (χ2v) is 6.39. The number of hydrogen-bond donors (Lipinski definition) is 2. The first-order chi connectivity index (χ1) is 10.1. The van der Waals surface area contributed by atoms with Crippen molar-refractivity contribution in [2.24, 2.45) is 0 Å². The molecule has 0 aliphatic rings. The maximum Gasteiger partial charge on any atom is 0.313 e. The van der Waals surface area contributed by atoms with E-state index in [0.717, 1.165) is 23.2 Å². The average molecular weight is 328 g/mol. The van der Waals surface area contributed by atoms with Gasteiger partial charge in [0.15, 0.2) is 11.0 Å². The predicted octanol–water partition coefficient (Wildman–Crippen LogP) is 1.58. The highest BCUT2D eigenvalue weighted by atomic mass is 32.2. The third-order valence-electron chi connectivity index (χ3n) is 2.87. The van der Waals surface area contributed by atoms with Gasteiger partial charge in [0.05, 0.1) is 11.8 Å². The molecule has 2 rings (SSSR count). The van der Waals surface area contributed by atoms with Gasteiger partial charge < -0.3 is 10.2 Å². The largest absolute Gasteiger partial charge is 0.481 e. The highest BCUT2D eigenvalue weighted by Gasteiger charge is 2.21. The predicted molar refractivity (Wildman–Crippen MR) is 79.6 cm³/mol. The van der Waals surface area contributed by atoms with Crippen LogP contribution in [0.4, 0.5) is 0 Å². The van der Waals surface area contributed by atoms with E-state index in [0.29, 0.717) is 11.0 Å². The molecule has 0 radical (unpaired) electrons. The van der Waals surface area contributed by atoms with Crippen molar-refractivity contribution in [1.82, 2.24) is 19.7 Å². The number of aromatic nitrogens is 4. The Labute approximate surface area is 130 Å². The number of aliphatic carboxylic acids is 1. The molecule has 0 bridgehead atoms. The molecule has 2 aromatic heterocycles. The van der Waals surface area contributed by atoms with Crippen LogP contribution in [0, 0.1) is 0 Å². The van der Waals surface area contributed by atoms with Gasteiger partial charge in [-0.15, -0.1) is 21.5 Å². The Balaban J connectivity index is 2.31. The van der Waals surface area contributed by atoms with Crippen molar-refractivity contribution >= 4 is 29.1 Å². The smallest absolute Gasteiger partial charge is 0.313 e. The summed E-state index contributed by atoms with van der Waals surface area (Å²) in [6.45, 7) is 3.75. The second kappa shape index (κ2) is 7.01. The molecule has 0 aromatic carbocycles. The quantitative estimate of drug-likeness (QED) is 0.744. The maximum atomic E-state index is 10.7. The fourth-order valence-corrected chi connectivity index (χ4v) is 3.47. The van der Waals surface area contributed by atoms with Gasteiger partial charge in [0.2, 0.25) is 0 Å². The summed E-state index contributed by atoms with van der Waals surface area (Å²) in [6.07, 6.45) is 2.75. The molecule has 2 aromatic rings. The van der Waals surface area contributed by atoms with Gasteiger partial charge in [0, 0.05) is 11.1 Å². The van der Waals surface area contributed by atoms with Crippen LogP contribution >= 0.6 is 23.1 Å². The molecule has 0 saturated heterocycles. The van der Waals surface area contributed by atoms with Crippen LogP contribution in [-0.2, 0) is 17.8 Å². The molecule has 2 heterocycles. The number of thioether (sulfide) groups is 1. The summed E-state index contributed by atoms with van der Waals surface area (Å²) in [6, 6.07) is -0.149. The third kappa shape index (κ3) is 3.60.